The molecular formula is C16H8Br3NO3. The highest BCUT2D eigenvalue weighted by atomic mass is 79.9. The molecule has 2 aromatic carbocycles. The maximum absolute atomic E-state index is 12.4. The monoisotopic (exact) mass is 499 g/mol. The summed E-state index contributed by atoms with van der Waals surface area (Å²) >= 11 is 10.1. The Labute approximate surface area is 156 Å². The van der Waals surface area contributed by atoms with Crippen LogP contribution in [0.3, 0.4) is 0 Å². The molecule has 1 heterocycles. The number of halogens is 3. The minimum atomic E-state index is -0.690. The molecule has 0 aliphatic carbocycles. The molecule has 0 spiro atoms. The lowest BCUT2D eigenvalue weighted by atomic mass is 10.1. The average molecular weight is 502 g/mol. The fourth-order valence-electron chi connectivity index (χ4n) is 2.07. The van der Waals surface area contributed by atoms with Gasteiger partial charge in [0.15, 0.2) is 5.58 Å². The van der Waals surface area contributed by atoms with Gasteiger partial charge in [-0.15, -0.1) is 0 Å². The van der Waals surface area contributed by atoms with Gasteiger partial charge in [-0.05, 0) is 62.2 Å². The first kappa shape index (κ1) is 16.4. The smallest absolute Gasteiger partial charge is 0.349 e. The first-order valence-electron chi connectivity index (χ1n) is 6.44. The third kappa shape index (κ3) is 3.41. The SMILES string of the molecule is O=C(Nc1ccccc1Br)c1cc2cc(Br)cc(Br)c2oc1=O. The number of carbonyl (C=O) groups is 1. The van der Waals surface area contributed by atoms with Crippen LogP contribution in [0.4, 0.5) is 5.69 Å². The molecule has 0 aliphatic rings. The van der Waals surface area contributed by atoms with E-state index in [2.05, 4.69) is 53.1 Å². The van der Waals surface area contributed by atoms with E-state index in [9.17, 15) is 9.59 Å². The van der Waals surface area contributed by atoms with E-state index in [1.54, 1.807) is 30.3 Å². The second kappa shape index (κ2) is 6.59. The highest BCUT2D eigenvalue weighted by Crippen LogP contribution is 2.28. The molecule has 0 bridgehead atoms. The number of benzene rings is 2. The average Bonchev–Trinajstić information content (AvgIpc) is 2.49. The minimum Gasteiger partial charge on any atom is -0.421 e. The van der Waals surface area contributed by atoms with E-state index >= 15 is 0 Å². The summed E-state index contributed by atoms with van der Waals surface area (Å²) in [6.07, 6.45) is 0. The van der Waals surface area contributed by atoms with Crippen molar-refractivity contribution in [3.8, 4) is 0 Å². The number of para-hydroxylation sites is 1. The van der Waals surface area contributed by atoms with E-state index in [1.165, 1.54) is 6.07 Å². The summed E-state index contributed by atoms with van der Waals surface area (Å²) in [5, 5.41) is 3.33. The zero-order valence-corrected chi connectivity index (χ0v) is 16.2. The molecule has 4 nitrogen and oxygen atoms in total. The van der Waals surface area contributed by atoms with E-state index in [1.807, 2.05) is 6.07 Å². The maximum Gasteiger partial charge on any atom is 0.349 e. The van der Waals surface area contributed by atoms with Crippen molar-refractivity contribution in [2.45, 2.75) is 0 Å². The van der Waals surface area contributed by atoms with Gasteiger partial charge in [0.25, 0.3) is 5.91 Å². The van der Waals surface area contributed by atoms with Crippen molar-refractivity contribution in [2.24, 2.45) is 0 Å². The van der Waals surface area contributed by atoms with Crippen LogP contribution in [0, 0.1) is 0 Å². The Hall–Kier alpha value is -1.44. The Morgan fingerprint density at radius 2 is 1.74 bits per heavy atom. The fourth-order valence-corrected chi connectivity index (χ4v) is 3.79. The van der Waals surface area contributed by atoms with Gasteiger partial charge in [0.1, 0.15) is 5.56 Å². The van der Waals surface area contributed by atoms with Gasteiger partial charge in [0.05, 0.1) is 10.2 Å². The predicted molar refractivity (Wildman–Crippen MR) is 100.0 cm³/mol. The number of nitrogens with one attached hydrogen (secondary N) is 1. The Morgan fingerprint density at radius 1 is 1.00 bits per heavy atom. The van der Waals surface area contributed by atoms with E-state index in [4.69, 9.17) is 4.42 Å². The van der Waals surface area contributed by atoms with Crippen molar-refractivity contribution in [1.29, 1.82) is 0 Å². The van der Waals surface area contributed by atoms with Crippen LogP contribution in [0.1, 0.15) is 10.4 Å². The third-order valence-corrected chi connectivity index (χ3v) is 4.86. The van der Waals surface area contributed by atoms with Gasteiger partial charge in [-0.25, -0.2) is 4.79 Å². The lowest BCUT2D eigenvalue weighted by Crippen LogP contribution is -2.20. The topological polar surface area (TPSA) is 59.3 Å². The molecule has 0 unspecified atom stereocenters. The largest absolute Gasteiger partial charge is 0.421 e. The second-order valence-corrected chi connectivity index (χ2v) is 7.31. The molecule has 3 rings (SSSR count). The molecule has 0 aliphatic heterocycles. The highest BCUT2D eigenvalue weighted by Gasteiger charge is 2.16. The Kier molecular flexibility index (Phi) is 4.70. The van der Waals surface area contributed by atoms with Crippen molar-refractivity contribution < 1.29 is 9.21 Å². The molecule has 0 saturated heterocycles. The van der Waals surface area contributed by atoms with Crippen LogP contribution in [-0.2, 0) is 0 Å². The molecule has 1 N–H and O–H groups in total. The maximum atomic E-state index is 12.4. The highest BCUT2D eigenvalue weighted by molar-refractivity contribution is 9.11. The van der Waals surface area contributed by atoms with Crippen LogP contribution in [-0.4, -0.2) is 5.91 Å². The molecule has 116 valence electrons. The standard InChI is InChI=1S/C16H8Br3NO3/c17-9-5-8-6-10(16(22)23-14(8)12(19)7-9)15(21)20-13-4-2-1-3-11(13)18/h1-7H,(H,20,21). The fraction of sp³-hybridized carbons (Fsp3) is 0. The summed E-state index contributed by atoms with van der Waals surface area (Å²) in [6.45, 7) is 0. The zero-order chi connectivity index (χ0) is 16.6. The molecule has 0 atom stereocenters. The van der Waals surface area contributed by atoms with Crippen molar-refractivity contribution in [3.63, 3.8) is 0 Å². The molecule has 1 aromatic heterocycles. The normalized spacial score (nSPS) is 10.7. The lowest BCUT2D eigenvalue weighted by Gasteiger charge is -2.07. The van der Waals surface area contributed by atoms with E-state index in [0.717, 1.165) is 8.95 Å². The Morgan fingerprint density at radius 3 is 2.48 bits per heavy atom. The van der Waals surface area contributed by atoms with E-state index < -0.39 is 11.5 Å². The van der Waals surface area contributed by atoms with Gasteiger partial charge in [-0.1, -0.05) is 28.1 Å². The Bertz CT molecular complexity index is 982. The molecule has 0 saturated carbocycles. The van der Waals surface area contributed by atoms with Crippen LogP contribution >= 0.6 is 47.8 Å². The second-order valence-electron chi connectivity index (χ2n) is 4.69. The molecular weight excluding hydrogens is 494 g/mol. The van der Waals surface area contributed by atoms with Gasteiger partial charge in [0, 0.05) is 14.3 Å². The van der Waals surface area contributed by atoms with Gasteiger partial charge in [-0.2, -0.15) is 0 Å². The lowest BCUT2D eigenvalue weighted by molar-refractivity contribution is 0.102. The van der Waals surface area contributed by atoms with Crippen LogP contribution < -0.4 is 10.9 Å². The van der Waals surface area contributed by atoms with Crippen molar-refractivity contribution in [1.82, 2.24) is 0 Å². The number of amides is 1. The summed E-state index contributed by atoms with van der Waals surface area (Å²) in [4.78, 5) is 24.5. The van der Waals surface area contributed by atoms with E-state index in [0.29, 0.717) is 21.1 Å². The van der Waals surface area contributed by atoms with Gasteiger partial charge < -0.3 is 9.73 Å². The summed E-state index contributed by atoms with van der Waals surface area (Å²) in [5.74, 6) is -0.524. The summed E-state index contributed by atoms with van der Waals surface area (Å²) in [7, 11) is 0. The van der Waals surface area contributed by atoms with Crippen molar-refractivity contribution in [3.05, 3.63) is 71.9 Å². The van der Waals surface area contributed by atoms with Crippen LogP contribution in [0.5, 0.6) is 0 Å². The molecule has 7 heteroatoms. The summed E-state index contributed by atoms with van der Waals surface area (Å²) in [6, 6.07) is 12.2. The van der Waals surface area contributed by atoms with Gasteiger partial charge in [-0.3, -0.25) is 4.79 Å². The number of anilines is 1. The number of rotatable bonds is 2. The first-order valence-corrected chi connectivity index (χ1v) is 8.82. The predicted octanol–water partition coefficient (Wildman–Crippen LogP) is 5.33. The van der Waals surface area contributed by atoms with Gasteiger partial charge >= 0.3 is 5.63 Å². The summed E-state index contributed by atoms with van der Waals surface area (Å²) < 4.78 is 7.44. The number of carbonyl (C=O) groups excluding carboxylic acids is 1. The number of hydrogen-bond acceptors (Lipinski definition) is 3. The molecule has 0 fully saturated rings. The summed E-state index contributed by atoms with van der Waals surface area (Å²) in [5.41, 5.74) is 0.228. The minimum absolute atomic E-state index is 0.0572. The van der Waals surface area contributed by atoms with Crippen LogP contribution in [0.15, 0.2) is 65.1 Å². The molecule has 1 amide bonds. The van der Waals surface area contributed by atoms with E-state index in [-0.39, 0.29) is 5.56 Å². The first-order chi connectivity index (χ1) is 11.0. The third-order valence-electron chi connectivity index (χ3n) is 3.12. The molecule has 0 radical (unpaired) electrons. The quantitative estimate of drug-likeness (QED) is 0.483. The van der Waals surface area contributed by atoms with Crippen LogP contribution in [0.25, 0.3) is 11.0 Å². The number of fused-ring (bicyclic) bond motifs is 1. The van der Waals surface area contributed by atoms with Crippen molar-refractivity contribution in [2.75, 3.05) is 5.32 Å². The zero-order valence-electron chi connectivity index (χ0n) is 11.4. The number of hydrogen-bond donors (Lipinski definition) is 1. The molecule has 3 aromatic rings. The van der Waals surface area contributed by atoms with Gasteiger partial charge in [0.2, 0.25) is 0 Å². The Balaban J connectivity index is 2.06. The van der Waals surface area contributed by atoms with Crippen molar-refractivity contribution >= 4 is 70.4 Å². The van der Waals surface area contributed by atoms with Crippen LogP contribution in [0.2, 0.25) is 0 Å². The molecule has 23 heavy (non-hydrogen) atoms.